The zero-order valence-corrected chi connectivity index (χ0v) is 11.5. The molecule has 0 spiro atoms. The quantitative estimate of drug-likeness (QED) is 0.824. The Kier molecular flexibility index (Phi) is 5.59. The number of ether oxygens (including phenoxy) is 1. The van der Waals surface area contributed by atoms with Crippen LogP contribution in [0, 0.1) is 12.8 Å². The van der Waals surface area contributed by atoms with E-state index >= 15 is 0 Å². The molecular formula is C14H24N2O. The molecule has 0 saturated carbocycles. The van der Waals surface area contributed by atoms with Crippen LogP contribution in [0.15, 0.2) is 18.5 Å². The molecule has 0 aliphatic rings. The second-order valence-electron chi connectivity index (χ2n) is 4.73. The molecule has 0 bridgehead atoms. The summed E-state index contributed by atoms with van der Waals surface area (Å²) in [5.41, 5.74) is 2.38. The molecule has 0 aliphatic heterocycles. The summed E-state index contributed by atoms with van der Waals surface area (Å²) in [6.07, 6.45) is 3.97. The summed E-state index contributed by atoms with van der Waals surface area (Å²) in [5.74, 6) is 0.466. The van der Waals surface area contributed by atoms with Gasteiger partial charge in [0.15, 0.2) is 0 Å². The average Bonchev–Trinajstić information content (AvgIpc) is 2.29. The Morgan fingerprint density at radius 3 is 2.53 bits per heavy atom. The minimum atomic E-state index is 0.175. The van der Waals surface area contributed by atoms with Gasteiger partial charge in [0.2, 0.25) is 0 Å². The summed E-state index contributed by atoms with van der Waals surface area (Å²) in [6, 6.07) is 2.37. The third kappa shape index (κ3) is 3.79. The van der Waals surface area contributed by atoms with E-state index in [0.29, 0.717) is 5.92 Å². The predicted octanol–water partition coefficient (Wildman–Crippen LogP) is 2.71. The fourth-order valence-electron chi connectivity index (χ4n) is 2.14. The zero-order valence-electron chi connectivity index (χ0n) is 11.5. The molecule has 0 amide bonds. The Labute approximate surface area is 105 Å². The fourth-order valence-corrected chi connectivity index (χ4v) is 2.14. The van der Waals surface area contributed by atoms with Crippen LogP contribution in [-0.4, -0.2) is 24.7 Å². The van der Waals surface area contributed by atoms with Crippen molar-refractivity contribution in [3.63, 3.8) is 0 Å². The predicted molar refractivity (Wildman–Crippen MR) is 71.0 cm³/mol. The van der Waals surface area contributed by atoms with Gasteiger partial charge in [-0.2, -0.15) is 0 Å². The number of nitrogens with one attached hydrogen (secondary N) is 1. The minimum absolute atomic E-state index is 0.175. The van der Waals surface area contributed by atoms with E-state index in [2.05, 4.69) is 37.1 Å². The largest absolute Gasteiger partial charge is 0.376 e. The van der Waals surface area contributed by atoms with E-state index in [1.807, 2.05) is 26.4 Å². The van der Waals surface area contributed by atoms with Gasteiger partial charge in [0.05, 0.1) is 12.1 Å². The number of rotatable bonds is 6. The molecule has 3 nitrogen and oxygen atoms in total. The van der Waals surface area contributed by atoms with Gasteiger partial charge < -0.3 is 10.1 Å². The van der Waals surface area contributed by atoms with Crippen LogP contribution in [0.1, 0.15) is 37.9 Å². The van der Waals surface area contributed by atoms with Crippen LogP contribution >= 0.6 is 0 Å². The molecule has 0 fully saturated rings. The molecule has 0 aromatic carbocycles. The Bertz CT molecular complexity index is 339. The highest BCUT2D eigenvalue weighted by Crippen LogP contribution is 2.24. The summed E-state index contributed by atoms with van der Waals surface area (Å²) in [4.78, 5) is 4.26. The first kappa shape index (κ1) is 14.1. The first-order chi connectivity index (χ1) is 8.10. The van der Waals surface area contributed by atoms with Crippen molar-refractivity contribution < 1.29 is 4.74 Å². The van der Waals surface area contributed by atoms with Gasteiger partial charge in [-0.05, 0) is 37.9 Å². The highest BCUT2D eigenvalue weighted by molar-refractivity contribution is 5.21. The van der Waals surface area contributed by atoms with E-state index in [-0.39, 0.29) is 12.1 Å². The number of likely N-dealkylation sites (N-methyl/N-ethyl adjacent to an activating group) is 1. The summed E-state index contributed by atoms with van der Waals surface area (Å²) in [6.45, 7) is 9.22. The number of pyridine rings is 1. The lowest BCUT2D eigenvalue weighted by Crippen LogP contribution is -2.35. The molecule has 0 aliphatic carbocycles. The first-order valence-corrected chi connectivity index (χ1v) is 6.30. The van der Waals surface area contributed by atoms with Crippen molar-refractivity contribution in [3.05, 3.63) is 29.6 Å². The maximum atomic E-state index is 5.86. The third-order valence-electron chi connectivity index (χ3n) is 2.91. The van der Waals surface area contributed by atoms with Crippen LogP contribution in [0.2, 0.25) is 0 Å². The molecule has 2 unspecified atom stereocenters. The van der Waals surface area contributed by atoms with Crippen LogP contribution in [-0.2, 0) is 4.74 Å². The standard InChI is InChI=1S/C14H24N2O/c1-6-17-14(10(2)3)13(15-5)12-7-11(4)8-16-9-12/h7-10,13-15H,6H2,1-5H3. The molecule has 1 aromatic rings. The lowest BCUT2D eigenvalue weighted by atomic mass is 9.94. The average molecular weight is 236 g/mol. The zero-order chi connectivity index (χ0) is 12.8. The maximum Gasteiger partial charge on any atom is 0.0792 e. The fraction of sp³-hybridized carbons (Fsp3) is 0.643. The number of aromatic nitrogens is 1. The summed E-state index contributed by atoms with van der Waals surface area (Å²) >= 11 is 0. The SMILES string of the molecule is CCOC(C(C)C)C(NC)c1cncc(C)c1. The molecule has 0 radical (unpaired) electrons. The van der Waals surface area contributed by atoms with Crippen LogP contribution in [0.25, 0.3) is 0 Å². The molecular weight excluding hydrogens is 212 g/mol. The van der Waals surface area contributed by atoms with Gasteiger partial charge in [-0.1, -0.05) is 19.9 Å². The van der Waals surface area contributed by atoms with E-state index in [0.717, 1.165) is 6.61 Å². The monoisotopic (exact) mass is 236 g/mol. The van der Waals surface area contributed by atoms with Crippen molar-refractivity contribution >= 4 is 0 Å². The molecule has 96 valence electrons. The van der Waals surface area contributed by atoms with Crippen molar-refractivity contribution in [2.24, 2.45) is 5.92 Å². The van der Waals surface area contributed by atoms with E-state index in [1.54, 1.807) is 0 Å². The lowest BCUT2D eigenvalue weighted by molar-refractivity contribution is 0.00452. The highest BCUT2D eigenvalue weighted by Gasteiger charge is 2.25. The molecule has 1 N–H and O–H groups in total. The third-order valence-corrected chi connectivity index (χ3v) is 2.91. The number of aryl methyl sites for hydroxylation is 1. The highest BCUT2D eigenvalue weighted by atomic mass is 16.5. The normalized spacial score (nSPS) is 14.9. The Morgan fingerprint density at radius 2 is 2.06 bits per heavy atom. The maximum absolute atomic E-state index is 5.86. The summed E-state index contributed by atoms with van der Waals surface area (Å²) in [5, 5.41) is 3.35. The summed E-state index contributed by atoms with van der Waals surface area (Å²) < 4.78 is 5.86. The second kappa shape index (κ2) is 6.72. The summed E-state index contributed by atoms with van der Waals surface area (Å²) in [7, 11) is 1.97. The van der Waals surface area contributed by atoms with Gasteiger partial charge in [-0.15, -0.1) is 0 Å². The van der Waals surface area contributed by atoms with Crippen molar-refractivity contribution in [2.45, 2.75) is 39.8 Å². The van der Waals surface area contributed by atoms with Crippen LogP contribution in [0.3, 0.4) is 0 Å². The lowest BCUT2D eigenvalue weighted by Gasteiger charge is -2.30. The van der Waals surface area contributed by atoms with E-state index in [4.69, 9.17) is 4.74 Å². The van der Waals surface area contributed by atoms with Crippen molar-refractivity contribution in [1.82, 2.24) is 10.3 Å². The Balaban J connectivity index is 2.95. The molecule has 2 atom stereocenters. The number of hydrogen-bond acceptors (Lipinski definition) is 3. The van der Waals surface area contributed by atoms with Gasteiger partial charge in [-0.25, -0.2) is 0 Å². The van der Waals surface area contributed by atoms with Crippen molar-refractivity contribution in [1.29, 1.82) is 0 Å². The van der Waals surface area contributed by atoms with E-state index in [1.165, 1.54) is 11.1 Å². The van der Waals surface area contributed by atoms with Gasteiger partial charge >= 0.3 is 0 Å². The van der Waals surface area contributed by atoms with Crippen LogP contribution < -0.4 is 5.32 Å². The molecule has 17 heavy (non-hydrogen) atoms. The smallest absolute Gasteiger partial charge is 0.0792 e. The van der Waals surface area contributed by atoms with Gasteiger partial charge in [0.25, 0.3) is 0 Å². The second-order valence-corrected chi connectivity index (χ2v) is 4.73. The van der Waals surface area contributed by atoms with Crippen molar-refractivity contribution in [2.75, 3.05) is 13.7 Å². The number of nitrogens with zero attached hydrogens (tertiary/aromatic N) is 1. The minimum Gasteiger partial charge on any atom is -0.376 e. The Hall–Kier alpha value is -0.930. The molecule has 1 aromatic heterocycles. The van der Waals surface area contributed by atoms with Gasteiger partial charge in [0.1, 0.15) is 0 Å². The Morgan fingerprint density at radius 1 is 1.35 bits per heavy atom. The van der Waals surface area contributed by atoms with Crippen molar-refractivity contribution in [3.8, 4) is 0 Å². The van der Waals surface area contributed by atoms with Crippen LogP contribution in [0.4, 0.5) is 0 Å². The first-order valence-electron chi connectivity index (χ1n) is 6.30. The van der Waals surface area contributed by atoms with Crippen LogP contribution in [0.5, 0.6) is 0 Å². The number of hydrogen-bond donors (Lipinski definition) is 1. The molecule has 1 heterocycles. The van der Waals surface area contributed by atoms with Gasteiger partial charge in [0, 0.05) is 19.0 Å². The van der Waals surface area contributed by atoms with E-state index in [9.17, 15) is 0 Å². The topological polar surface area (TPSA) is 34.1 Å². The molecule has 1 rings (SSSR count). The van der Waals surface area contributed by atoms with E-state index < -0.39 is 0 Å². The molecule has 0 saturated heterocycles. The molecule has 3 heteroatoms. The van der Waals surface area contributed by atoms with Gasteiger partial charge in [-0.3, -0.25) is 4.98 Å².